The Morgan fingerprint density at radius 3 is 2.65 bits per heavy atom. The third-order valence-electron chi connectivity index (χ3n) is 3.45. The van der Waals surface area contributed by atoms with E-state index in [2.05, 4.69) is 5.32 Å². The summed E-state index contributed by atoms with van der Waals surface area (Å²) in [5, 5.41) is 3.32. The predicted octanol–water partition coefficient (Wildman–Crippen LogP) is 1.17. The van der Waals surface area contributed by atoms with E-state index in [0.717, 1.165) is 5.56 Å². The van der Waals surface area contributed by atoms with Crippen molar-refractivity contribution in [1.29, 1.82) is 0 Å². The molecule has 0 bridgehead atoms. The Bertz CT molecular complexity index is 424. The molecule has 110 valence electrons. The van der Waals surface area contributed by atoms with Gasteiger partial charge in [-0.05, 0) is 12.5 Å². The fourth-order valence-electron chi connectivity index (χ4n) is 2.35. The summed E-state index contributed by atoms with van der Waals surface area (Å²) in [5.74, 6) is 0.110. The van der Waals surface area contributed by atoms with Crippen LogP contribution in [-0.2, 0) is 14.3 Å². The molecule has 1 saturated heterocycles. The molecule has 5 heteroatoms. The van der Waals surface area contributed by atoms with Crippen LogP contribution in [0.1, 0.15) is 18.5 Å². The summed E-state index contributed by atoms with van der Waals surface area (Å²) in [5.41, 5.74) is 1.01. The van der Waals surface area contributed by atoms with Gasteiger partial charge >= 0.3 is 0 Å². The zero-order valence-electron chi connectivity index (χ0n) is 12.0. The van der Waals surface area contributed by atoms with Crippen LogP contribution < -0.4 is 5.32 Å². The van der Waals surface area contributed by atoms with Gasteiger partial charge in [0.15, 0.2) is 0 Å². The largest absolute Gasteiger partial charge is 0.382 e. The van der Waals surface area contributed by atoms with E-state index in [1.807, 2.05) is 42.2 Å². The van der Waals surface area contributed by atoms with Crippen molar-refractivity contribution in [3.63, 3.8) is 0 Å². The van der Waals surface area contributed by atoms with Gasteiger partial charge in [-0.1, -0.05) is 30.3 Å². The van der Waals surface area contributed by atoms with E-state index in [1.165, 1.54) is 0 Å². The summed E-state index contributed by atoms with van der Waals surface area (Å²) in [6.07, 6.45) is 0.0266. The van der Waals surface area contributed by atoms with E-state index in [9.17, 15) is 4.79 Å². The molecule has 2 unspecified atom stereocenters. The molecule has 5 nitrogen and oxygen atoms in total. The van der Waals surface area contributed by atoms with E-state index < -0.39 is 0 Å². The molecule has 0 radical (unpaired) electrons. The van der Waals surface area contributed by atoms with Crippen LogP contribution in [0.2, 0.25) is 0 Å². The Kier molecular flexibility index (Phi) is 5.52. The van der Waals surface area contributed by atoms with Crippen LogP contribution in [0.5, 0.6) is 0 Å². The standard InChI is InChI=1S/C15H22N2O3/c1-12-16-14(13-6-4-3-5-7-13)15(18)17(12)8-9-20-11-10-19-2/h3-7,12,14,16H,8-11H2,1-2H3. The molecule has 2 rings (SSSR count). The fourth-order valence-corrected chi connectivity index (χ4v) is 2.35. The van der Waals surface area contributed by atoms with Crippen molar-refractivity contribution in [1.82, 2.24) is 10.2 Å². The quantitative estimate of drug-likeness (QED) is 0.761. The molecule has 20 heavy (non-hydrogen) atoms. The lowest BCUT2D eigenvalue weighted by Crippen LogP contribution is -2.37. The van der Waals surface area contributed by atoms with Crippen molar-refractivity contribution >= 4 is 5.91 Å². The molecular formula is C15H22N2O3. The topological polar surface area (TPSA) is 50.8 Å². The second-order valence-corrected chi connectivity index (χ2v) is 4.82. The van der Waals surface area contributed by atoms with Gasteiger partial charge in [-0.3, -0.25) is 10.1 Å². The van der Waals surface area contributed by atoms with Crippen molar-refractivity contribution in [3.05, 3.63) is 35.9 Å². The number of ether oxygens (including phenoxy) is 2. The highest BCUT2D eigenvalue weighted by Crippen LogP contribution is 2.23. The molecule has 0 aliphatic carbocycles. The fraction of sp³-hybridized carbons (Fsp3) is 0.533. The van der Waals surface area contributed by atoms with Gasteiger partial charge in [0, 0.05) is 13.7 Å². The Morgan fingerprint density at radius 2 is 1.95 bits per heavy atom. The molecule has 1 aromatic carbocycles. The first kappa shape index (κ1) is 15.0. The summed E-state index contributed by atoms with van der Waals surface area (Å²) in [6.45, 7) is 4.26. The van der Waals surface area contributed by atoms with Crippen LogP contribution in [0.3, 0.4) is 0 Å². The number of carbonyl (C=O) groups is 1. The van der Waals surface area contributed by atoms with Gasteiger partial charge in [0.25, 0.3) is 0 Å². The van der Waals surface area contributed by atoms with Gasteiger partial charge in [0.05, 0.1) is 26.0 Å². The lowest BCUT2D eigenvalue weighted by molar-refractivity contribution is -0.130. The smallest absolute Gasteiger partial charge is 0.245 e. The molecular weight excluding hydrogens is 256 g/mol. The zero-order valence-corrected chi connectivity index (χ0v) is 12.0. The predicted molar refractivity (Wildman–Crippen MR) is 76.2 cm³/mol. The van der Waals surface area contributed by atoms with Crippen LogP contribution in [0.15, 0.2) is 30.3 Å². The van der Waals surface area contributed by atoms with E-state index in [0.29, 0.717) is 26.4 Å². The first-order valence-corrected chi connectivity index (χ1v) is 6.92. The minimum Gasteiger partial charge on any atom is -0.382 e. The highest BCUT2D eigenvalue weighted by atomic mass is 16.5. The van der Waals surface area contributed by atoms with Crippen LogP contribution in [0.25, 0.3) is 0 Å². The van der Waals surface area contributed by atoms with Crippen molar-refractivity contribution in [2.75, 3.05) is 33.5 Å². The number of hydrogen-bond donors (Lipinski definition) is 1. The van der Waals surface area contributed by atoms with E-state index in [1.54, 1.807) is 7.11 Å². The second kappa shape index (κ2) is 7.38. The number of amides is 1. The average Bonchev–Trinajstić information content (AvgIpc) is 2.75. The molecule has 2 atom stereocenters. The average molecular weight is 278 g/mol. The molecule has 0 saturated carbocycles. The lowest BCUT2D eigenvalue weighted by Gasteiger charge is -2.20. The maximum atomic E-state index is 12.4. The Hall–Kier alpha value is -1.43. The summed E-state index contributed by atoms with van der Waals surface area (Å²) in [6, 6.07) is 9.55. The molecule has 1 aromatic rings. The van der Waals surface area contributed by atoms with Crippen LogP contribution >= 0.6 is 0 Å². The summed E-state index contributed by atoms with van der Waals surface area (Å²) in [7, 11) is 1.64. The Morgan fingerprint density at radius 1 is 1.20 bits per heavy atom. The molecule has 1 fully saturated rings. The van der Waals surface area contributed by atoms with Crippen LogP contribution in [0.4, 0.5) is 0 Å². The monoisotopic (exact) mass is 278 g/mol. The molecule has 1 aliphatic heterocycles. The van der Waals surface area contributed by atoms with E-state index in [-0.39, 0.29) is 18.1 Å². The summed E-state index contributed by atoms with van der Waals surface area (Å²) in [4.78, 5) is 14.2. The summed E-state index contributed by atoms with van der Waals surface area (Å²) >= 11 is 0. The van der Waals surface area contributed by atoms with Gasteiger partial charge in [-0.25, -0.2) is 0 Å². The number of hydrogen-bond acceptors (Lipinski definition) is 4. The second-order valence-electron chi connectivity index (χ2n) is 4.82. The Labute approximate surface area is 119 Å². The number of rotatable bonds is 7. The molecule has 1 aliphatic rings. The van der Waals surface area contributed by atoms with E-state index >= 15 is 0 Å². The molecule has 1 heterocycles. The van der Waals surface area contributed by atoms with Crippen LogP contribution in [-0.4, -0.2) is 50.4 Å². The number of nitrogens with one attached hydrogen (secondary N) is 1. The molecule has 0 spiro atoms. The van der Waals surface area contributed by atoms with E-state index in [4.69, 9.17) is 9.47 Å². The van der Waals surface area contributed by atoms with Gasteiger partial charge in [0.2, 0.25) is 5.91 Å². The maximum Gasteiger partial charge on any atom is 0.245 e. The molecule has 1 N–H and O–H groups in total. The van der Waals surface area contributed by atoms with Crippen molar-refractivity contribution in [2.45, 2.75) is 19.1 Å². The molecule has 0 aromatic heterocycles. The van der Waals surface area contributed by atoms with Gasteiger partial charge in [-0.2, -0.15) is 0 Å². The SMILES string of the molecule is COCCOCCN1C(=O)C(c2ccccc2)NC1C. The zero-order chi connectivity index (χ0) is 14.4. The first-order chi connectivity index (χ1) is 9.74. The minimum absolute atomic E-state index is 0.0266. The number of carbonyl (C=O) groups excluding carboxylic acids is 1. The first-order valence-electron chi connectivity index (χ1n) is 6.92. The lowest BCUT2D eigenvalue weighted by atomic mass is 10.1. The third-order valence-corrected chi connectivity index (χ3v) is 3.45. The summed E-state index contributed by atoms with van der Waals surface area (Å²) < 4.78 is 10.3. The highest BCUT2D eigenvalue weighted by molar-refractivity contribution is 5.85. The molecule has 1 amide bonds. The number of methoxy groups -OCH3 is 1. The van der Waals surface area contributed by atoms with Gasteiger partial charge < -0.3 is 14.4 Å². The van der Waals surface area contributed by atoms with Crippen molar-refractivity contribution in [3.8, 4) is 0 Å². The van der Waals surface area contributed by atoms with Crippen LogP contribution in [0, 0.1) is 0 Å². The van der Waals surface area contributed by atoms with Gasteiger partial charge in [0.1, 0.15) is 6.04 Å². The minimum atomic E-state index is -0.245. The normalized spacial score (nSPS) is 22.5. The maximum absolute atomic E-state index is 12.4. The van der Waals surface area contributed by atoms with Crippen molar-refractivity contribution < 1.29 is 14.3 Å². The third kappa shape index (κ3) is 3.56. The van der Waals surface area contributed by atoms with Gasteiger partial charge in [-0.15, -0.1) is 0 Å². The highest BCUT2D eigenvalue weighted by Gasteiger charge is 2.36. The Balaban J connectivity index is 1.87. The number of benzene rings is 1. The van der Waals surface area contributed by atoms with Crippen molar-refractivity contribution in [2.24, 2.45) is 0 Å². The number of nitrogens with zero attached hydrogens (tertiary/aromatic N) is 1.